The van der Waals surface area contributed by atoms with Crippen LogP contribution in [-0.2, 0) is 6.54 Å². The summed E-state index contributed by atoms with van der Waals surface area (Å²) >= 11 is 0. The van der Waals surface area contributed by atoms with Crippen LogP contribution in [0.3, 0.4) is 0 Å². The second-order valence-electron chi connectivity index (χ2n) is 5.52. The Kier molecular flexibility index (Phi) is 4.42. The SMILES string of the molecule is Cc1ccnc(N2CCN(Cc3cnccn3)CC2)c1[N+](=O)[O-]. The van der Waals surface area contributed by atoms with E-state index in [4.69, 9.17) is 0 Å². The maximum Gasteiger partial charge on any atom is 0.314 e. The molecular formula is C15H18N6O2. The molecule has 0 aromatic carbocycles. The van der Waals surface area contributed by atoms with Gasteiger partial charge in [0.25, 0.3) is 0 Å². The molecule has 0 radical (unpaired) electrons. The van der Waals surface area contributed by atoms with Crippen molar-refractivity contribution >= 4 is 11.5 Å². The maximum atomic E-state index is 11.3. The van der Waals surface area contributed by atoms with Crippen LogP contribution in [0.15, 0.2) is 30.9 Å². The lowest BCUT2D eigenvalue weighted by Crippen LogP contribution is -2.46. The Morgan fingerprint density at radius 3 is 2.61 bits per heavy atom. The van der Waals surface area contributed by atoms with Gasteiger partial charge in [0, 0.05) is 63.1 Å². The highest BCUT2D eigenvalue weighted by Crippen LogP contribution is 2.29. The molecule has 0 N–H and O–H groups in total. The van der Waals surface area contributed by atoms with E-state index in [-0.39, 0.29) is 10.6 Å². The third kappa shape index (κ3) is 3.42. The van der Waals surface area contributed by atoms with Crippen molar-refractivity contribution in [3.05, 3.63) is 52.2 Å². The molecule has 8 nitrogen and oxygen atoms in total. The van der Waals surface area contributed by atoms with Crippen LogP contribution < -0.4 is 4.90 Å². The number of hydrogen-bond donors (Lipinski definition) is 0. The largest absolute Gasteiger partial charge is 0.348 e. The van der Waals surface area contributed by atoms with E-state index in [1.807, 2.05) is 4.90 Å². The van der Waals surface area contributed by atoms with E-state index in [2.05, 4.69) is 19.9 Å². The Labute approximate surface area is 134 Å². The molecule has 0 bridgehead atoms. The van der Waals surface area contributed by atoms with Gasteiger partial charge in [-0.2, -0.15) is 0 Å². The molecule has 3 heterocycles. The Hall–Kier alpha value is -2.61. The summed E-state index contributed by atoms with van der Waals surface area (Å²) in [5.74, 6) is 0.467. The molecule has 8 heteroatoms. The third-order valence-corrected chi connectivity index (χ3v) is 3.96. The van der Waals surface area contributed by atoms with E-state index in [0.717, 1.165) is 25.3 Å². The van der Waals surface area contributed by atoms with Crippen LogP contribution in [0.2, 0.25) is 0 Å². The first-order valence-corrected chi connectivity index (χ1v) is 7.47. The van der Waals surface area contributed by atoms with Crippen LogP contribution in [0.4, 0.5) is 11.5 Å². The summed E-state index contributed by atoms with van der Waals surface area (Å²) in [7, 11) is 0. The Morgan fingerprint density at radius 2 is 1.96 bits per heavy atom. The first-order valence-electron chi connectivity index (χ1n) is 7.47. The molecule has 1 aliphatic rings. The molecule has 0 atom stereocenters. The van der Waals surface area contributed by atoms with E-state index in [0.29, 0.717) is 24.5 Å². The highest BCUT2D eigenvalue weighted by atomic mass is 16.6. The van der Waals surface area contributed by atoms with Crippen LogP contribution in [-0.4, -0.2) is 51.0 Å². The quantitative estimate of drug-likeness (QED) is 0.622. The summed E-state index contributed by atoms with van der Waals surface area (Å²) in [6.45, 7) is 5.51. The molecule has 2 aromatic heterocycles. The molecule has 0 spiro atoms. The van der Waals surface area contributed by atoms with Crippen molar-refractivity contribution in [2.45, 2.75) is 13.5 Å². The molecule has 0 amide bonds. The van der Waals surface area contributed by atoms with Crippen molar-refractivity contribution in [1.82, 2.24) is 19.9 Å². The molecule has 1 saturated heterocycles. The molecule has 0 unspecified atom stereocenters. The number of aromatic nitrogens is 3. The van der Waals surface area contributed by atoms with E-state index in [9.17, 15) is 10.1 Å². The Balaban J connectivity index is 1.68. The number of aryl methyl sites for hydroxylation is 1. The van der Waals surface area contributed by atoms with E-state index >= 15 is 0 Å². The molecule has 1 aliphatic heterocycles. The fourth-order valence-electron chi connectivity index (χ4n) is 2.75. The van der Waals surface area contributed by atoms with Crippen LogP contribution in [0.25, 0.3) is 0 Å². The second kappa shape index (κ2) is 6.66. The number of rotatable bonds is 4. The maximum absolute atomic E-state index is 11.3. The summed E-state index contributed by atoms with van der Waals surface area (Å²) in [6, 6.07) is 1.67. The molecule has 3 rings (SSSR count). The monoisotopic (exact) mass is 314 g/mol. The predicted molar refractivity (Wildman–Crippen MR) is 85.2 cm³/mol. The lowest BCUT2D eigenvalue weighted by atomic mass is 10.2. The summed E-state index contributed by atoms with van der Waals surface area (Å²) in [5.41, 5.74) is 1.68. The van der Waals surface area contributed by atoms with Gasteiger partial charge in [-0.1, -0.05) is 0 Å². The Bertz CT molecular complexity index is 686. The lowest BCUT2D eigenvalue weighted by Gasteiger charge is -2.34. The van der Waals surface area contributed by atoms with Gasteiger partial charge in [0.05, 0.1) is 10.6 Å². The Morgan fingerprint density at radius 1 is 1.17 bits per heavy atom. The average molecular weight is 314 g/mol. The summed E-state index contributed by atoms with van der Waals surface area (Å²) in [6.07, 6.45) is 6.73. The molecular weight excluding hydrogens is 296 g/mol. The van der Waals surface area contributed by atoms with Gasteiger partial charge in [0.1, 0.15) is 0 Å². The molecule has 1 fully saturated rings. The number of nitrogens with zero attached hydrogens (tertiary/aromatic N) is 6. The van der Waals surface area contributed by atoms with Gasteiger partial charge in [-0.15, -0.1) is 0 Å². The molecule has 2 aromatic rings. The number of hydrogen-bond acceptors (Lipinski definition) is 7. The van der Waals surface area contributed by atoms with Gasteiger partial charge in [0.2, 0.25) is 5.82 Å². The van der Waals surface area contributed by atoms with E-state index < -0.39 is 0 Å². The summed E-state index contributed by atoms with van der Waals surface area (Å²) in [5, 5.41) is 11.3. The average Bonchev–Trinajstić information content (AvgIpc) is 2.56. The summed E-state index contributed by atoms with van der Waals surface area (Å²) in [4.78, 5) is 27.8. The minimum atomic E-state index is -0.344. The number of piperazine rings is 1. The van der Waals surface area contributed by atoms with E-state index in [1.54, 1.807) is 37.8 Å². The number of pyridine rings is 1. The van der Waals surface area contributed by atoms with Gasteiger partial charge in [0.15, 0.2) is 0 Å². The van der Waals surface area contributed by atoms with Crippen molar-refractivity contribution in [3.8, 4) is 0 Å². The highest BCUT2D eigenvalue weighted by molar-refractivity contribution is 5.61. The highest BCUT2D eigenvalue weighted by Gasteiger charge is 2.26. The van der Waals surface area contributed by atoms with Crippen LogP contribution >= 0.6 is 0 Å². The van der Waals surface area contributed by atoms with E-state index in [1.165, 1.54) is 0 Å². The first-order chi connectivity index (χ1) is 11.1. The molecule has 120 valence electrons. The lowest BCUT2D eigenvalue weighted by molar-refractivity contribution is -0.384. The van der Waals surface area contributed by atoms with Gasteiger partial charge >= 0.3 is 5.69 Å². The summed E-state index contributed by atoms with van der Waals surface area (Å²) < 4.78 is 0. The van der Waals surface area contributed by atoms with Crippen LogP contribution in [0.1, 0.15) is 11.3 Å². The zero-order valence-corrected chi connectivity index (χ0v) is 12.9. The second-order valence-corrected chi connectivity index (χ2v) is 5.52. The van der Waals surface area contributed by atoms with Crippen LogP contribution in [0.5, 0.6) is 0 Å². The van der Waals surface area contributed by atoms with Gasteiger partial charge in [-0.3, -0.25) is 25.0 Å². The van der Waals surface area contributed by atoms with Crippen molar-refractivity contribution in [2.24, 2.45) is 0 Å². The van der Waals surface area contributed by atoms with Gasteiger partial charge in [-0.05, 0) is 13.0 Å². The fourth-order valence-corrected chi connectivity index (χ4v) is 2.75. The fraction of sp³-hybridized carbons (Fsp3) is 0.400. The van der Waals surface area contributed by atoms with Crippen molar-refractivity contribution in [2.75, 3.05) is 31.1 Å². The molecule has 0 aliphatic carbocycles. The zero-order valence-electron chi connectivity index (χ0n) is 12.9. The normalized spacial score (nSPS) is 15.6. The third-order valence-electron chi connectivity index (χ3n) is 3.96. The van der Waals surface area contributed by atoms with Gasteiger partial charge < -0.3 is 4.90 Å². The standard InChI is InChI=1S/C15H18N6O2/c1-12-2-3-18-15(14(12)21(22)23)20-8-6-19(7-9-20)11-13-10-16-4-5-17-13/h2-5,10H,6-9,11H2,1H3. The van der Waals surface area contributed by atoms with Gasteiger partial charge in [-0.25, -0.2) is 4.98 Å². The van der Waals surface area contributed by atoms with Crippen molar-refractivity contribution < 1.29 is 4.92 Å². The van der Waals surface area contributed by atoms with Crippen molar-refractivity contribution in [3.63, 3.8) is 0 Å². The first kappa shape index (κ1) is 15.3. The zero-order chi connectivity index (χ0) is 16.2. The predicted octanol–water partition coefficient (Wildman–Crippen LogP) is 1.41. The van der Waals surface area contributed by atoms with Crippen molar-refractivity contribution in [1.29, 1.82) is 0 Å². The molecule has 23 heavy (non-hydrogen) atoms. The minimum Gasteiger partial charge on any atom is -0.348 e. The topological polar surface area (TPSA) is 88.3 Å². The number of nitro groups is 1. The smallest absolute Gasteiger partial charge is 0.314 e. The number of anilines is 1. The minimum absolute atomic E-state index is 0.106. The van der Waals surface area contributed by atoms with Crippen LogP contribution in [0, 0.1) is 17.0 Å². The molecule has 0 saturated carbocycles.